The number of rotatable bonds is 3. The van der Waals surface area contributed by atoms with Gasteiger partial charge in [-0.05, 0) is 62.4 Å². The van der Waals surface area contributed by atoms with E-state index in [1.54, 1.807) is 11.3 Å². The van der Waals surface area contributed by atoms with Gasteiger partial charge in [0.25, 0.3) is 5.91 Å². The SMILES string of the molecule is O=C(NNC(=S)NCC1CCCO1)c1cc2c(s1)CCCCC2. The lowest BCUT2D eigenvalue weighted by atomic mass is 10.1. The normalized spacial score (nSPS) is 20.4. The number of hydrogen-bond acceptors (Lipinski definition) is 4. The number of carbonyl (C=O) groups is 1. The molecule has 5 nitrogen and oxygen atoms in total. The van der Waals surface area contributed by atoms with Gasteiger partial charge in [0.1, 0.15) is 0 Å². The molecule has 1 saturated heterocycles. The molecule has 1 aromatic rings. The van der Waals surface area contributed by atoms with Gasteiger partial charge in [0.2, 0.25) is 0 Å². The van der Waals surface area contributed by atoms with Crippen LogP contribution in [0.1, 0.15) is 52.2 Å². The first-order chi connectivity index (χ1) is 11.2. The highest BCUT2D eigenvalue weighted by molar-refractivity contribution is 7.80. The molecule has 0 aromatic carbocycles. The first-order valence-electron chi connectivity index (χ1n) is 8.30. The van der Waals surface area contributed by atoms with E-state index in [1.807, 2.05) is 6.07 Å². The maximum atomic E-state index is 12.2. The zero-order valence-electron chi connectivity index (χ0n) is 13.2. The number of ether oxygens (including phenoxy) is 1. The summed E-state index contributed by atoms with van der Waals surface area (Å²) in [4.78, 5) is 14.4. The fraction of sp³-hybridized carbons (Fsp3) is 0.625. The van der Waals surface area contributed by atoms with Crippen molar-refractivity contribution in [2.45, 2.75) is 51.0 Å². The van der Waals surface area contributed by atoms with Gasteiger partial charge in [-0.1, -0.05) is 6.42 Å². The maximum absolute atomic E-state index is 12.2. The summed E-state index contributed by atoms with van der Waals surface area (Å²) in [6, 6.07) is 2.03. The summed E-state index contributed by atoms with van der Waals surface area (Å²) in [5.41, 5.74) is 6.79. The molecule has 1 amide bonds. The van der Waals surface area contributed by atoms with Crippen molar-refractivity contribution in [1.29, 1.82) is 0 Å². The quantitative estimate of drug-likeness (QED) is 0.442. The standard InChI is InChI=1S/C16H23N3O2S2/c20-15(14-9-11-5-2-1-3-7-13(11)23-14)18-19-16(22)17-10-12-6-4-8-21-12/h9,12H,1-8,10H2,(H,18,20)(H2,17,19,22). The molecule has 1 unspecified atom stereocenters. The Labute approximate surface area is 146 Å². The van der Waals surface area contributed by atoms with Crippen molar-refractivity contribution in [3.63, 3.8) is 0 Å². The van der Waals surface area contributed by atoms with E-state index in [4.69, 9.17) is 17.0 Å². The minimum absolute atomic E-state index is 0.121. The minimum Gasteiger partial charge on any atom is -0.376 e. The summed E-state index contributed by atoms with van der Waals surface area (Å²) < 4.78 is 5.52. The third-order valence-corrected chi connectivity index (χ3v) is 5.76. The van der Waals surface area contributed by atoms with E-state index in [2.05, 4.69) is 16.2 Å². The first-order valence-corrected chi connectivity index (χ1v) is 9.52. The number of hydrogen-bond donors (Lipinski definition) is 3. The second-order valence-corrected chi connectivity index (χ2v) is 7.59. The number of thiophene rings is 1. The summed E-state index contributed by atoms with van der Waals surface area (Å²) in [6.07, 6.45) is 8.31. The van der Waals surface area contributed by atoms with E-state index in [1.165, 1.54) is 29.7 Å². The number of thiocarbonyl (C=S) groups is 1. The van der Waals surface area contributed by atoms with Crippen molar-refractivity contribution in [3.8, 4) is 0 Å². The van der Waals surface area contributed by atoms with Crippen molar-refractivity contribution >= 4 is 34.6 Å². The van der Waals surface area contributed by atoms with Gasteiger partial charge in [-0.25, -0.2) is 0 Å². The van der Waals surface area contributed by atoms with Crippen LogP contribution in [0, 0.1) is 0 Å². The summed E-state index contributed by atoms with van der Waals surface area (Å²) in [5.74, 6) is -0.121. The van der Waals surface area contributed by atoms with Crippen molar-refractivity contribution in [3.05, 3.63) is 21.4 Å². The first kappa shape index (κ1) is 16.7. The smallest absolute Gasteiger partial charge is 0.279 e. The molecular weight excluding hydrogens is 330 g/mol. The molecule has 3 rings (SSSR count). The molecule has 23 heavy (non-hydrogen) atoms. The lowest BCUT2D eigenvalue weighted by Crippen LogP contribution is -2.48. The summed E-state index contributed by atoms with van der Waals surface area (Å²) in [5, 5.41) is 3.50. The number of amides is 1. The predicted octanol–water partition coefficient (Wildman–Crippen LogP) is 2.30. The molecule has 0 radical (unpaired) electrons. The third-order valence-electron chi connectivity index (χ3n) is 4.27. The fourth-order valence-electron chi connectivity index (χ4n) is 3.01. The summed E-state index contributed by atoms with van der Waals surface area (Å²) in [6.45, 7) is 1.50. The van der Waals surface area contributed by atoms with E-state index in [-0.39, 0.29) is 12.0 Å². The molecule has 3 N–H and O–H groups in total. The minimum atomic E-state index is -0.121. The Hall–Kier alpha value is -1.18. The molecule has 2 aliphatic rings. The van der Waals surface area contributed by atoms with E-state index in [0.29, 0.717) is 11.7 Å². The van der Waals surface area contributed by atoms with Gasteiger partial charge in [0.05, 0.1) is 11.0 Å². The molecule has 1 fully saturated rings. The number of carbonyl (C=O) groups excluding carboxylic acids is 1. The highest BCUT2D eigenvalue weighted by Gasteiger charge is 2.17. The van der Waals surface area contributed by atoms with Gasteiger partial charge in [0.15, 0.2) is 5.11 Å². The number of fused-ring (bicyclic) bond motifs is 1. The Morgan fingerprint density at radius 1 is 1.26 bits per heavy atom. The summed E-state index contributed by atoms with van der Waals surface area (Å²) in [7, 11) is 0. The van der Waals surface area contributed by atoms with E-state index >= 15 is 0 Å². The van der Waals surface area contributed by atoms with Crippen molar-refractivity contribution in [1.82, 2.24) is 16.2 Å². The highest BCUT2D eigenvalue weighted by Crippen LogP contribution is 2.28. The van der Waals surface area contributed by atoms with E-state index in [0.717, 1.165) is 37.2 Å². The van der Waals surface area contributed by atoms with E-state index in [9.17, 15) is 4.79 Å². The maximum Gasteiger partial charge on any atom is 0.279 e. The Bertz CT molecular complexity index is 544. The van der Waals surface area contributed by atoms with Crippen molar-refractivity contribution in [2.24, 2.45) is 0 Å². The van der Waals surface area contributed by atoms with Gasteiger partial charge < -0.3 is 10.1 Å². The number of hydrazine groups is 1. The lowest BCUT2D eigenvalue weighted by molar-refractivity contribution is 0.0947. The van der Waals surface area contributed by atoms with Crippen LogP contribution < -0.4 is 16.2 Å². The molecule has 0 saturated carbocycles. The topological polar surface area (TPSA) is 62.4 Å². The molecule has 2 heterocycles. The van der Waals surface area contributed by atoms with Gasteiger partial charge in [-0.3, -0.25) is 15.6 Å². The largest absolute Gasteiger partial charge is 0.376 e. The molecule has 1 aliphatic carbocycles. The molecule has 1 aromatic heterocycles. The van der Waals surface area contributed by atoms with Crippen LogP contribution in [0.5, 0.6) is 0 Å². The van der Waals surface area contributed by atoms with Crippen LogP contribution in [0.2, 0.25) is 0 Å². The van der Waals surface area contributed by atoms with Crippen LogP contribution in [-0.2, 0) is 17.6 Å². The van der Waals surface area contributed by atoms with Crippen LogP contribution in [0.3, 0.4) is 0 Å². The molecule has 1 atom stereocenters. The zero-order chi connectivity index (χ0) is 16.1. The Morgan fingerprint density at radius 3 is 2.96 bits per heavy atom. The van der Waals surface area contributed by atoms with Gasteiger partial charge in [0, 0.05) is 18.0 Å². The second-order valence-electron chi connectivity index (χ2n) is 6.04. The lowest BCUT2D eigenvalue weighted by Gasteiger charge is -2.14. The average Bonchev–Trinajstić information content (AvgIpc) is 3.16. The highest BCUT2D eigenvalue weighted by atomic mass is 32.1. The second kappa shape index (κ2) is 8.08. The Morgan fingerprint density at radius 2 is 2.13 bits per heavy atom. The van der Waals surface area contributed by atoms with Crippen molar-refractivity contribution in [2.75, 3.05) is 13.2 Å². The molecule has 126 valence electrons. The van der Waals surface area contributed by atoms with Crippen LogP contribution in [0.15, 0.2) is 6.07 Å². The van der Waals surface area contributed by atoms with Crippen LogP contribution in [0.25, 0.3) is 0 Å². The van der Waals surface area contributed by atoms with Crippen LogP contribution in [0.4, 0.5) is 0 Å². The molecule has 7 heteroatoms. The molecular formula is C16H23N3O2S2. The monoisotopic (exact) mass is 353 g/mol. The molecule has 0 spiro atoms. The average molecular weight is 354 g/mol. The summed E-state index contributed by atoms with van der Waals surface area (Å²) >= 11 is 6.78. The van der Waals surface area contributed by atoms with Crippen LogP contribution in [-0.4, -0.2) is 30.3 Å². The van der Waals surface area contributed by atoms with Crippen molar-refractivity contribution < 1.29 is 9.53 Å². The number of aryl methyl sites for hydroxylation is 2. The molecule has 1 aliphatic heterocycles. The van der Waals surface area contributed by atoms with Crippen LogP contribution >= 0.6 is 23.6 Å². The predicted molar refractivity (Wildman–Crippen MR) is 95.8 cm³/mol. The Balaban J connectivity index is 1.44. The zero-order valence-corrected chi connectivity index (χ0v) is 14.8. The van der Waals surface area contributed by atoms with Gasteiger partial charge >= 0.3 is 0 Å². The van der Waals surface area contributed by atoms with Gasteiger partial charge in [-0.15, -0.1) is 11.3 Å². The number of nitrogens with one attached hydrogen (secondary N) is 3. The third kappa shape index (κ3) is 4.65. The fourth-order valence-corrected chi connectivity index (χ4v) is 4.29. The van der Waals surface area contributed by atoms with Gasteiger partial charge in [-0.2, -0.15) is 0 Å². The van der Waals surface area contributed by atoms with E-state index < -0.39 is 0 Å². The Kier molecular flexibility index (Phi) is 5.85. The molecule has 0 bridgehead atoms.